The molecule has 3 rings (SSSR count). The van der Waals surface area contributed by atoms with Gasteiger partial charge in [-0.25, -0.2) is 0 Å². The third kappa shape index (κ3) is 2.49. The maximum atomic E-state index is 2.32. The minimum absolute atomic E-state index is 0.204. The molecule has 0 radical (unpaired) electrons. The van der Waals surface area contributed by atoms with Crippen molar-refractivity contribution >= 4 is 10.9 Å². The molecule has 0 amide bonds. The van der Waals surface area contributed by atoms with Crippen molar-refractivity contribution in [3.05, 3.63) is 71.9 Å². The zero-order chi connectivity index (χ0) is 14.2. The van der Waals surface area contributed by atoms with Crippen LogP contribution >= 0.6 is 0 Å². The van der Waals surface area contributed by atoms with Gasteiger partial charge in [-0.05, 0) is 40.1 Å². The predicted molar refractivity (Wildman–Crippen MR) is 86.2 cm³/mol. The Bertz CT molecular complexity index is 714. The highest BCUT2D eigenvalue weighted by atomic mass is 14.9. The van der Waals surface area contributed by atoms with Gasteiger partial charge < -0.3 is 4.57 Å². The summed E-state index contributed by atoms with van der Waals surface area (Å²) in [6.07, 6.45) is 2.18. The Balaban J connectivity index is 1.98. The van der Waals surface area contributed by atoms with Crippen LogP contribution < -0.4 is 0 Å². The second-order valence-corrected chi connectivity index (χ2v) is 6.45. The van der Waals surface area contributed by atoms with Gasteiger partial charge in [0.05, 0.1) is 0 Å². The van der Waals surface area contributed by atoms with Gasteiger partial charge in [-0.2, -0.15) is 0 Å². The van der Waals surface area contributed by atoms with Crippen LogP contribution in [0.4, 0.5) is 0 Å². The molecule has 0 aliphatic heterocycles. The SMILES string of the molecule is CC(C)(C)c1ccc2c(ccn2Cc2ccccc2)c1. The van der Waals surface area contributed by atoms with E-state index < -0.39 is 0 Å². The van der Waals surface area contributed by atoms with Gasteiger partial charge in [0, 0.05) is 18.3 Å². The normalized spacial score (nSPS) is 11.9. The van der Waals surface area contributed by atoms with E-state index >= 15 is 0 Å². The molecule has 0 unspecified atom stereocenters. The van der Waals surface area contributed by atoms with Crippen LogP contribution in [0.3, 0.4) is 0 Å². The van der Waals surface area contributed by atoms with Gasteiger partial charge >= 0.3 is 0 Å². The summed E-state index contributed by atoms with van der Waals surface area (Å²) < 4.78 is 2.32. The van der Waals surface area contributed by atoms with Crippen molar-refractivity contribution in [2.75, 3.05) is 0 Å². The van der Waals surface area contributed by atoms with Crippen LogP contribution in [-0.2, 0) is 12.0 Å². The molecule has 0 aliphatic rings. The first kappa shape index (κ1) is 13.0. The van der Waals surface area contributed by atoms with Crippen molar-refractivity contribution in [2.45, 2.75) is 32.7 Å². The van der Waals surface area contributed by atoms with Crippen LogP contribution in [0.1, 0.15) is 31.9 Å². The number of hydrogen-bond acceptors (Lipinski definition) is 0. The second kappa shape index (κ2) is 4.82. The van der Waals surface area contributed by atoms with E-state index in [0.29, 0.717) is 0 Å². The van der Waals surface area contributed by atoms with Crippen LogP contribution in [0, 0.1) is 0 Å². The first-order valence-corrected chi connectivity index (χ1v) is 7.17. The minimum Gasteiger partial charge on any atom is -0.343 e. The fourth-order valence-corrected chi connectivity index (χ4v) is 2.58. The highest BCUT2D eigenvalue weighted by molar-refractivity contribution is 5.81. The summed E-state index contributed by atoms with van der Waals surface area (Å²) in [6, 6.07) is 19.6. The lowest BCUT2D eigenvalue weighted by atomic mass is 9.86. The molecule has 0 N–H and O–H groups in total. The third-order valence-electron chi connectivity index (χ3n) is 3.83. The fraction of sp³-hybridized carbons (Fsp3) is 0.263. The highest BCUT2D eigenvalue weighted by Gasteiger charge is 2.14. The quantitative estimate of drug-likeness (QED) is 0.614. The van der Waals surface area contributed by atoms with Crippen LogP contribution in [0.15, 0.2) is 60.8 Å². The average Bonchev–Trinajstić information content (AvgIpc) is 2.81. The second-order valence-electron chi connectivity index (χ2n) is 6.45. The van der Waals surface area contributed by atoms with Crippen molar-refractivity contribution in [1.29, 1.82) is 0 Å². The molecule has 0 bridgehead atoms. The van der Waals surface area contributed by atoms with E-state index in [1.165, 1.54) is 22.0 Å². The van der Waals surface area contributed by atoms with Gasteiger partial charge in [0.2, 0.25) is 0 Å². The zero-order valence-corrected chi connectivity index (χ0v) is 12.4. The molecule has 2 aromatic carbocycles. The molecular weight excluding hydrogens is 242 g/mol. The van der Waals surface area contributed by atoms with Gasteiger partial charge in [-0.1, -0.05) is 57.2 Å². The van der Waals surface area contributed by atoms with Gasteiger partial charge in [-0.3, -0.25) is 0 Å². The molecule has 0 saturated heterocycles. The van der Waals surface area contributed by atoms with E-state index in [1.807, 2.05) is 0 Å². The van der Waals surface area contributed by atoms with E-state index in [2.05, 4.69) is 86.1 Å². The summed E-state index contributed by atoms with van der Waals surface area (Å²) in [7, 11) is 0. The Kier molecular flexibility index (Phi) is 3.13. The van der Waals surface area contributed by atoms with Gasteiger partial charge in [0.15, 0.2) is 0 Å². The number of nitrogens with zero attached hydrogens (tertiary/aromatic N) is 1. The number of aromatic nitrogens is 1. The average molecular weight is 263 g/mol. The summed E-state index contributed by atoms with van der Waals surface area (Å²) in [6.45, 7) is 7.71. The van der Waals surface area contributed by atoms with Crippen molar-refractivity contribution in [3.8, 4) is 0 Å². The molecule has 0 spiro atoms. The van der Waals surface area contributed by atoms with E-state index in [-0.39, 0.29) is 5.41 Å². The van der Waals surface area contributed by atoms with E-state index in [1.54, 1.807) is 0 Å². The number of benzene rings is 2. The Morgan fingerprint density at radius 3 is 2.35 bits per heavy atom. The van der Waals surface area contributed by atoms with E-state index in [0.717, 1.165) is 6.54 Å². The maximum absolute atomic E-state index is 2.32. The first-order chi connectivity index (χ1) is 9.54. The molecule has 20 heavy (non-hydrogen) atoms. The zero-order valence-electron chi connectivity index (χ0n) is 12.4. The Hall–Kier alpha value is -2.02. The topological polar surface area (TPSA) is 4.93 Å². The van der Waals surface area contributed by atoms with Gasteiger partial charge in [-0.15, -0.1) is 0 Å². The molecule has 1 aromatic heterocycles. The maximum Gasteiger partial charge on any atom is 0.0483 e. The third-order valence-corrected chi connectivity index (χ3v) is 3.83. The predicted octanol–water partition coefficient (Wildman–Crippen LogP) is 4.99. The lowest BCUT2D eigenvalue weighted by Gasteiger charge is -2.19. The highest BCUT2D eigenvalue weighted by Crippen LogP contribution is 2.27. The molecule has 0 atom stereocenters. The summed E-state index contributed by atoms with van der Waals surface area (Å²) in [5.74, 6) is 0. The lowest BCUT2D eigenvalue weighted by molar-refractivity contribution is 0.591. The van der Waals surface area contributed by atoms with Crippen molar-refractivity contribution in [2.24, 2.45) is 0 Å². The van der Waals surface area contributed by atoms with Crippen LogP contribution in [0.5, 0.6) is 0 Å². The van der Waals surface area contributed by atoms with E-state index in [4.69, 9.17) is 0 Å². The van der Waals surface area contributed by atoms with Crippen molar-refractivity contribution in [3.63, 3.8) is 0 Å². The standard InChI is InChI=1S/C19H21N/c1-19(2,3)17-9-10-18-16(13-17)11-12-20(18)14-15-7-5-4-6-8-15/h4-13H,14H2,1-3H3. The Morgan fingerprint density at radius 2 is 1.65 bits per heavy atom. The molecule has 1 heteroatoms. The smallest absolute Gasteiger partial charge is 0.0483 e. The van der Waals surface area contributed by atoms with E-state index in [9.17, 15) is 0 Å². The molecule has 1 nitrogen and oxygen atoms in total. The van der Waals surface area contributed by atoms with Crippen LogP contribution in [-0.4, -0.2) is 4.57 Å². The number of rotatable bonds is 2. The molecule has 0 aliphatic carbocycles. The first-order valence-electron chi connectivity index (χ1n) is 7.17. The molecule has 0 saturated carbocycles. The molecule has 3 aromatic rings. The minimum atomic E-state index is 0.204. The molecule has 0 fully saturated rings. The number of fused-ring (bicyclic) bond motifs is 1. The largest absolute Gasteiger partial charge is 0.343 e. The van der Waals surface area contributed by atoms with Crippen molar-refractivity contribution < 1.29 is 0 Å². The Morgan fingerprint density at radius 1 is 0.900 bits per heavy atom. The summed E-state index contributed by atoms with van der Waals surface area (Å²) in [5.41, 5.74) is 4.24. The monoisotopic (exact) mass is 263 g/mol. The lowest BCUT2D eigenvalue weighted by Crippen LogP contribution is -2.10. The molecular formula is C19H21N. The molecule has 1 heterocycles. The van der Waals surface area contributed by atoms with Crippen molar-refractivity contribution in [1.82, 2.24) is 4.57 Å². The number of hydrogen-bond donors (Lipinski definition) is 0. The Labute approximate surface area is 120 Å². The van der Waals surface area contributed by atoms with Gasteiger partial charge in [0.25, 0.3) is 0 Å². The summed E-state index contributed by atoms with van der Waals surface area (Å²) in [5, 5.41) is 1.33. The van der Waals surface area contributed by atoms with Crippen LogP contribution in [0.2, 0.25) is 0 Å². The van der Waals surface area contributed by atoms with Gasteiger partial charge in [0.1, 0.15) is 0 Å². The van der Waals surface area contributed by atoms with Crippen LogP contribution in [0.25, 0.3) is 10.9 Å². The summed E-state index contributed by atoms with van der Waals surface area (Å²) in [4.78, 5) is 0. The summed E-state index contributed by atoms with van der Waals surface area (Å²) >= 11 is 0. The fourth-order valence-electron chi connectivity index (χ4n) is 2.58. The molecule has 102 valence electrons.